The summed E-state index contributed by atoms with van der Waals surface area (Å²) in [6.45, 7) is 3.68. The number of nitrogens with zero attached hydrogens (tertiary/aromatic N) is 3. The van der Waals surface area contributed by atoms with E-state index in [1.807, 2.05) is 12.1 Å². The minimum Gasteiger partial charge on any atom is -0.497 e. The van der Waals surface area contributed by atoms with Crippen LogP contribution in [0.2, 0.25) is 0 Å². The van der Waals surface area contributed by atoms with Gasteiger partial charge in [-0.15, -0.1) is 0 Å². The van der Waals surface area contributed by atoms with E-state index in [9.17, 15) is 9.59 Å². The number of hydrogen-bond donors (Lipinski definition) is 3. The highest BCUT2D eigenvalue weighted by atomic mass is 16.5. The van der Waals surface area contributed by atoms with Gasteiger partial charge in [-0.3, -0.25) is 19.6 Å². The minimum atomic E-state index is -0.339. The summed E-state index contributed by atoms with van der Waals surface area (Å²) in [6, 6.07) is 8.09. The van der Waals surface area contributed by atoms with Crippen molar-refractivity contribution in [2.45, 2.75) is 18.9 Å². The van der Waals surface area contributed by atoms with Crippen LogP contribution >= 0.6 is 0 Å². The van der Waals surface area contributed by atoms with Crippen LogP contribution in [0.3, 0.4) is 0 Å². The molecule has 2 saturated heterocycles. The molecule has 2 aliphatic rings. The molecule has 2 heterocycles. The fraction of sp³-hybridized carbons (Fsp3) is 0.550. The van der Waals surface area contributed by atoms with Gasteiger partial charge in [-0.05, 0) is 43.6 Å². The smallest absolute Gasteiger partial charge is 0.324 e. The molecule has 3 N–H and O–H groups in total. The molecular weight excluding hydrogens is 372 g/mol. The Morgan fingerprint density at radius 2 is 1.93 bits per heavy atom. The molecule has 3 rings (SSSR count). The highest BCUT2D eigenvalue weighted by molar-refractivity contribution is 6.01. The molecule has 0 aliphatic carbocycles. The first kappa shape index (κ1) is 20.9. The number of methoxy groups -OCH3 is 1. The van der Waals surface area contributed by atoms with E-state index < -0.39 is 0 Å². The average Bonchev–Trinajstić information content (AvgIpc) is 3.38. The number of nitrogens with one attached hydrogen (secondary N) is 3. The Morgan fingerprint density at radius 3 is 2.52 bits per heavy atom. The maximum absolute atomic E-state index is 11.6. The van der Waals surface area contributed by atoms with Gasteiger partial charge < -0.3 is 20.7 Å². The quantitative estimate of drug-likeness (QED) is 0.334. The maximum Gasteiger partial charge on any atom is 0.324 e. The van der Waals surface area contributed by atoms with Crippen molar-refractivity contribution in [2.75, 3.05) is 53.4 Å². The second kappa shape index (κ2) is 10.1. The Hall–Kier alpha value is -2.81. The van der Waals surface area contributed by atoms with Gasteiger partial charge in [-0.25, -0.2) is 4.79 Å². The molecule has 9 nitrogen and oxygen atoms in total. The van der Waals surface area contributed by atoms with Gasteiger partial charge in [0.2, 0.25) is 5.91 Å². The monoisotopic (exact) mass is 402 g/mol. The molecule has 1 aromatic rings. The van der Waals surface area contributed by atoms with Crippen LogP contribution < -0.4 is 20.7 Å². The lowest BCUT2D eigenvalue weighted by Crippen LogP contribution is -2.45. The predicted octanol–water partition coefficient (Wildman–Crippen LogP) is 0.549. The van der Waals surface area contributed by atoms with Gasteiger partial charge in [-0.2, -0.15) is 0 Å². The number of guanidine groups is 1. The Kier molecular flexibility index (Phi) is 7.29. The predicted molar refractivity (Wildman–Crippen MR) is 111 cm³/mol. The van der Waals surface area contributed by atoms with Crippen molar-refractivity contribution >= 4 is 17.9 Å². The number of amides is 3. The maximum atomic E-state index is 11.6. The number of imide groups is 1. The van der Waals surface area contributed by atoms with Crippen molar-refractivity contribution in [1.29, 1.82) is 0 Å². The van der Waals surface area contributed by atoms with E-state index in [1.165, 1.54) is 23.3 Å². The molecule has 9 heteroatoms. The van der Waals surface area contributed by atoms with Gasteiger partial charge in [0.15, 0.2) is 5.96 Å². The summed E-state index contributed by atoms with van der Waals surface area (Å²) >= 11 is 0. The number of carbonyl (C=O) groups is 2. The molecule has 3 amide bonds. The fourth-order valence-electron chi connectivity index (χ4n) is 3.72. The van der Waals surface area contributed by atoms with Crippen LogP contribution in [-0.2, 0) is 4.79 Å². The molecule has 0 bridgehead atoms. The molecule has 0 spiro atoms. The number of aliphatic imine (C=N–C) groups is 1. The second-order valence-corrected chi connectivity index (χ2v) is 7.12. The van der Waals surface area contributed by atoms with Crippen molar-refractivity contribution in [3.8, 4) is 5.75 Å². The molecule has 0 saturated carbocycles. The number of likely N-dealkylation sites (tertiary alicyclic amines) is 1. The first-order chi connectivity index (χ1) is 14.1. The van der Waals surface area contributed by atoms with Gasteiger partial charge in [0.05, 0.1) is 19.7 Å². The third-order valence-electron chi connectivity index (χ3n) is 5.33. The van der Waals surface area contributed by atoms with E-state index in [1.54, 1.807) is 14.2 Å². The summed E-state index contributed by atoms with van der Waals surface area (Å²) in [5.74, 6) is 1.29. The standard InChI is InChI=1S/C20H30N6O3/c1-21-19(22-9-12-26-18(27)14-24-20(26)28)23-13-17(25-10-3-4-11-25)15-5-7-16(29-2)8-6-15/h5-8,17H,3-4,9-14H2,1-2H3,(H,24,28)(H2,21,22,23). The molecule has 29 heavy (non-hydrogen) atoms. The summed E-state index contributed by atoms with van der Waals surface area (Å²) < 4.78 is 5.28. The largest absolute Gasteiger partial charge is 0.497 e. The van der Waals surface area contributed by atoms with Gasteiger partial charge >= 0.3 is 6.03 Å². The fourth-order valence-corrected chi connectivity index (χ4v) is 3.72. The topological polar surface area (TPSA) is 98.3 Å². The van der Waals surface area contributed by atoms with E-state index >= 15 is 0 Å². The highest BCUT2D eigenvalue weighted by Gasteiger charge is 2.28. The summed E-state index contributed by atoms with van der Waals surface area (Å²) in [6.07, 6.45) is 2.43. The number of carbonyl (C=O) groups excluding carboxylic acids is 2. The average molecular weight is 402 g/mol. The second-order valence-electron chi connectivity index (χ2n) is 7.12. The van der Waals surface area contributed by atoms with Gasteiger partial charge in [-0.1, -0.05) is 12.1 Å². The molecule has 0 radical (unpaired) electrons. The van der Waals surface area contributed by atoms with Crippen LogP contribution in [0.1, 0.15) is 24.4 Å². The molecule has 2 aliphatic heterocycles. The Labute approximate surface area is 171 Å². The van der Waals surface area contributed by atoms with Gasteiger partial charge in [0.25, 0.3) is 0 Å². The van der Waals surface area contributed by atoms with E-state index in [-0.39, 0.29) is 24.5 Å². The lowest BCUT2D eigenvalue weighted by Gasteiger charge is -2.29. The third kappa shape index (κ3) is 5.38. The van der Waals surface area contributed by atoms with Crippen molar-refractivity contribution in [2.24, 2.45) is 4.99 Å². The first-order valence-electron chi connectivity index (χ1n) is 10.0. The SMILES string of the molecule is CN=C(NCCN1C(=O)CNC1=O)NCC(c1ccc(OC)cc1)N1CCCC1. The zero-order valence-corrected chi connectivity index (χ0v) is 17.1. The third-order valence-corrected chi connectivity index (χ3v) is 5.33. The Bertz CT molecular complexity index is 714. The van der Waals surface area contributed by atoms with Crippen molar-refractivity contribution in [1.82, 2.24) is 25.8 Å². The normalized spacial score (nSPS) is 18.7. The molecular formula is C20H30N6O3. The van der Waals surface area contributed by atoms with E-state index in [0.717, 1.165) is 18.8 Å². The number of urea groups is 1. The molecule has 2 fully saturated rings. The number of benzene rings is 1. The lowest BCUT2D eigenvalue weighted by atomic mass is 10.1. The van der Waals surface area contributed by atoms with E-state index in [0.29, 0.717) is 25.6 Å². The Balaban J connectivity index is 1.55. The van der Waals surface area contributed by atoms with Crippen LogP contribution in [-0.4, -0.2) is 81.1 Å². The number of rotatable bonds is 8. The van der Waals surface area contributed by atoms with Crippen LogP contribution in [0, 0.1) is 0 Å². The molecule has 1 unspecified atom stereocenters. The van der Waals surface area contributed by atoms with Crippen LogP contribution in [0.4, 0.5) is 4.79 Å². The minimum absolute atomic E-state index is 0.0746. The highest BCUT2D eigenvalue weighted by Crippen LogP contribution is 2.26. The summed E-state index contributed by atoms with van der Waals surface area (Å²) in [5.41, 5.74) is 1.23. The summed E-state index contributed by atoms with van der Waals surface area (Å²) in [7, 11) is 3.38. The van der Waals surface area contributed by atoms with Gasteiger partial charge in [0, 0.05) is 26.7 Å². The van der Waals surface area contributed by atoms with Crippen LogP contribution in [0.25, 0.3) is 0 Å². The molecule has 1 atom stereocenters. The lowest BCUT2D eigenvalue weighted by molar-refractivity contribution is -0.124. The molecule has 0 aromatic heterocycles. The first-order valence-corrected chi connectivity index (χ1v) is 10.0. The zero-order chi connectivity index (χ0) is 20.6. The summed E-state index contributed by atoms with van der Waals surface area (Å²) in [5, 5.41) is 9.08. The number of hydrogen-bond acceptors (Lipinski definition) is 5. The van der Waals surface area contributed by atoms with Crippen molar-refractivity contribution in [3.63, 3.8) is 0 Å². The van der Waals surface area contributed by atoms with Crippen molar-refractivity contribution in [3.05, 3.63) is 29.8 Å². The zero-order valence-electron chi connectivity index (χ0n) is 17.1. The summed E-state index contributed by atoms with van der Waals surface area (Å²) in [4.78, 5) is 31.2. The molecule has 158 valence electrons. The van der Waals surface area contributed by atoms with E-state index in [2.05, 4.69) is 38.0 Å². The Morgan fingerprint density at radius 1 is 1.21 bits per heavy atom. The van der Waals surface area contributed by atoms with Crippen LogP contribution in [0.5, 0.6) is 5.75 Å². The van der Waals surface area contributed by atoms with Gasteiger partial charge in [0.1, 0.15) is 5.75 Å². The van der Waals surface area contributed by atoms with Crippen molar-refractivity contribution < 1.29 is 14.3 Å². The van der Waals surface area contributed by atoms with E-state index in [4.69, 9.17) is 4.74 Å². The molecule has 1 aromatic carbocycles. The number of ether oxygens (including phenoxy) is 1. The van der Waals surface area contributed by atoms with Crippen LogP contribution in [0.15, 0.2) is 29.3 Å².